The van der Waals surface area contributed by atoms with E-state index in [1.165, 1.54) is 11.0 Å². The molecule has 162 valence electrons. The number of halogens is 1. The van der Waals surface area contributed by atoms with Crippen LogP contribution >= 0.6 is 0 Å². The first kappa shape index (κ1) is 20.7. The van der Waals surface area contributed by atoms with Crippen LogP contribution in [0, 0.1) is 21.8 Å². The third-order valence-electron chi connectivity index (χ3n) is 5.31. The van der Waals surface area contributed by atoms with E-state index in [1.54, 1.807) is 12.3 Å². The van der Waals surface area contributed by atoms with Crippen molar-refractivity contribution in [3.8, 4) is 0 Å². The van der Waals surface area contributed by atoms with Gasteiger partial charge in [0.05, 0.1) is 41.6 Å². The number of ether oxygens (including phenoxy) is 1. The molecule has 0 aliphatic carbocycles. The van der Waals surface area contributed by atoms with Crippen LogP contribution in [-0.4, -0.2) is 54.6 Å². The zero-order valence-corrected chi connectivity index (χ0v) is 16.5. The Morgan fingerprint density at radius 1 is 1.23 bits per heavy atom. The summed E-state index contributed by atoms with van der Waals surface area (Å²) in [6.07, 6.45) is 1.62. The Labute approximate surface area is 176 Å². The fourth-order valence-corrected chi connectivity index (χ4v) is 3.64. The number of pyridine rings is 1. The molecule has 1 aromatic carbocycles. The van der Waals surface area contributed by atoms with Crippen molar-refractivity contribution in [2.45, 2.75) is 6.42 Å². The first-order valence-corrected chi connectivity index (χ1v) is 9.76. The molecule has 1 unspecified atom stereocenters. The number of carbonyl (C=O) groups excluding carboxylic acids is 2. The highest BCUT2D eigenvalue weighted by molar-refractivity contribution is 6.03. The topological polar surface area (TPSA) is 118 Å². The Bertz CT molecular complexity index is 1010. The monoisotopic (exact) mass is 429 g/mol. The quantitative estimate of drug-likeness (QED) is 0.570. The molecule has 2 saturated heterocycles. The maximum atomic E-state index is 13.6. The molecule has 2 aliphatic heterocycles. The molecule has 0 spiro atoms. The molecule has 31 heavy (non-hydrogen) atoms. The predicted molar refractivity (Wildman–Crippen MR) is 109 cm³/mol. The largest absolute Gasteiger partial charge is 0.378 e. The summed E-state index contributed by atoms with van der Waals surface area (Å²) in [6, 6.07) is 6.78. The lowest BCUT2D eigenvalue weighted by atomic mass is 10.1. The van der Waals surface area contributed by atoms with E-state index in [0.29, 0.717) is 19.0 Å². The van der Waals surface area contributed by atoms with Gasteiger partial charge in [0.1, 0.15) is 5.82 Å². The van der Waals surface area contributed by atoms with E-state index < -0.39 is 22.3 Å². The summed E-state index contributed by atoms with van der Waals surface area (Å²) in [6.45, 7) is 2.90. The van der Waals surface area contributed by atoms with Gasteiger partial charge in [0.2, 0.25) is 17.6 Å². The molecule has 3 heterocycles. The SMILES string of the molecule is O=C(Nc1ccc(N2CCOCC2)cn1)C1CC(=O)N(c2ccc(F)c([N+](=O)[O-])c2)C1. The number of nitrogens with one attached hydrogen (secondary N) is 1. The van der Waals surface area contributed by atoms with Gasteiger partial charge in [-0.05, 0) is 24.3 Å². The number of morpholine rings is 1. The van der Waals surface area contributed by atoms with Crippen LogP contribution in [0.25, 0.3) is 0 Å². The standard InChI is InChI=1S/C20H20FN5O5/c21-16-3-1-14(10-17(16)26(29)30)25-12-13(9-19(25)27)20(28)23-18-4-2-15(11-22-18)24-5-7-31-8-6-24/h1-4,10-11,13H,5-9,12H2,(H,22,23,28). The van der Waals surface area contributed by atoms with Gasteiger partial charge in [-0.2, -0.15) is 4.39 Å². The molecule has 2 aliphatic rings. The smallest absolute Gasteiger partial charge is 0.306 e. The van der Waals surface area contributed by atoms with Crippen molar-refractivity contribution in [1.29, 1.82) is 0 Å². The lowest BCUT2D eigenvalue weighted by Gasteiger charge is -2.28. The Balaban J connectivity index is 1.40. The first-order valence-electron chi connectivity index (χ1n) is 9.76. The molecule has 1 N–H and O–H groups in total. The number of nitro benzene ring substituents is 1. The number of amides is 2. The van der Waals surface area contributed by atoms with Crippen LogP contribution in [0.2, 0.25) is 0 Å². The van der Waals surface area contributed by atoms with Crippen LogP contribution in [0.1, 0.15) is 6.42 Å². The van der Waals surface area contributed by atoms with Crippen molar-refractivity contribution >= 4 is 34.7 Å². The first-order chi connectivity index (χ1) is 14.9. The maximum Gasteiger partial charge on any atom is 0.306 e. The van der Waals surface area contributed by atoms with Gasteiger partial charge in [-0.3, -0.25) is 19.7 Å². The zero-order chi connectivity index (χ0) is 22.0. The number of hydrogen-bond acceptors (Lipinski definition) is 7. The van der Waals surface area contributed by atoms with Crippen LogP contribution in [0.4, 0.5) is 27.3 Å². The number of anilines is 3. The molecule has 0 radical (unpaired) electrons. The average Bonchev–Trinajstić information content (AvgIpc) is 3.17. The average molecular weight is 429 g/mol. The summed E-state index contributed by atoms with van der Waals surface area (Å²) in [7, 11) is 0. The molecule has 1 atom stereocenters. The van der Waals surface area contributed by atoms with E-state index in [0.717, 1.165) is 30.9 Å². The van der Waals surface area contributed by atoms with E-state index in [9.17, 15) is 24.1 Å². The van der Waals surface area contributed by atoms with Crippen molar-refractivity contribution in [3.05, 3.63) is 52.5 Å². The van der Waals surface area contributed by atoms with Gasteiger partial charge >= 0.3 is 5.69 Å². The zero-order valence-electron chi connectivity index (χ0n) is 16.5. The number of nitrogens with zero attached hydrogens (tertiary/aromatic N) is 4. The molecule has 0 saturated carbocycles. The van der Waals surface area contributed by atoms with Crippen LogP contribution in [0.5, 0.6) is 0 Å². The fraction of sp³-hybridized carbons (Fsp3) is 0.350. The Hall–Kier alpha value is -3.60. The van der Waals surface area contributed by atoms with Crippen LogP contribution < -0.4 is 15.1 Å². The Morgan fingerprint density at radius 3 is 2.65 bits per heavy atom. The highest BCUT2D eigenvalue weighted by Crippen LogP contribution is 2.30. The molecule has 2 aromatic rings. The normalized spacial score (nSPS) is 18.9. The Morgan fingerprint density at radius 2 is 1.97 bits per heavy atom. The number of nitro groups is 1. The number of carbonyl (C=O) groups is 2. The van der Waals surface area contributed by atoms with Crippen molar-refractivity contribution < 1.29 is 23.6 Å². The van der Waals surface area contributed by atoms with Gasteiger partial charge in [-0.15, -0.1) is 0 Å². The van der Waals surface area contributed by atoms with Gasteiger partial charge in [0.15, 0.2) is 0 Å². The highest BCUT2D eigenvalue weighted by atomic mass is 19.1. The minimum absolute atomic E-state index is 0.0410. The minimum atomic E-state index is -0.985. The summed E-state index contributed by atoms with van der Waals surface area (Å²) < 4.78 is 18.9. The van der Waals surface area contributed by atoms with Crippen molar-refractivity contribution in [3.63, 3.8) is 0 Å². The lowest BCUT2D eigenvalue weighted by Crippen LogP contribution is -2.36. The van der Waals surface area contributed by atoms with Gasteiger partial charge in [-0.25, -0.2) is 4.98 Å². The molecule has 11 heteroatoms. The third-order valence-corrected chi connectivity index (χ3v) is 5.31. The van der Waals surface area contributed by atoms with Gasteiger partial charge in [0, 0.05) is 32.1 Å². The number of rotatable bonds is 5. The molecule has 0 bridgehead atoms. The van der Waals surface area contributed by atoms with Crippen molar-refractivity contribution in [2.24, 2.45) is 5.92 Å². The summed E-state index contributed by atoms with van der Waals surface area (Å²) in [4.78, 5) is 42.8. The van der Waals surface area contributed by atoms with E-state index in [-0.39, 0.29) is 30.5 Å². The molecular weight excluding hydrogens is 409 g/mol. The fourth-order valence-electron chi connectivity index (χ4n) is 3.64. The van der Waals surface area contributed by atoms with Crippen molar-refractivity contribution in [1.82, 2.24) is 4.98 Å². The van der Waals surface area contributed by atoms with E-state index in [1.807, 2.05) is 6.07 Å². The number of benzene rings is 1. The van der Waals surface area contributed by atoms with Gasteiger partial charge < -0.3 is 19.9 Å². The molecule has 10 nitrogen and oxygen atoms in total. The number of aromatic nitrogens is 1. The van der Waals surface area contributed by atoms with Gasteiger partial charge in [-0.1, -0.05) is 0 Å². The number of hydrogen-bond donors (Lipinski definition) is 1. The van der Waals surface area contributed by atoms with Crippen LogP contribution in [0.3, 0.4) is 0 Å². The summed E-state index contributed by atoms with van der Waals surface area (Å²) in [5.41, 5.74) is 0.394. The van der Waals surface area contributed by atoms with Gasteiger partial charge in [0.25, 0.3) is 0 Å². The van der Waals surface area contributed by atoms with Crippen LogP contribution in [-0.2, 0) is 14.3 Å². The molecular formula is C20H20FN5O5. The highest BCUT2D eigenvalue weighted by Gasteiger charge is 2.36. The second-order valence-corrected chi connectivity index (χ2v) is 7.29. The van der Waals surface area contributed by atoms with Crippen molar-refractivity contribution in [2.75, 3.05) is 48.0 Å². The minimum Gasteiger partial charge on any atom is -0.378 e. The summed E-state index contributed by atoms with van der Waals surface area (Å²) in [5, 5.41) is 13.7. The third kappa shape index (κ3) is 4.45. The molecule has 2 fully saturated rings. The second-order valence-electron chi connectivity index (χ2n) is 7.29. The summed E-state index contributed by atoms with van der Waals surface area (Å²) in [5.74, 6) is -2.01. The maximum absolute atomic E-state index is 13.6. The van der Waals surface area contributed by atoms with Crippen LogP contribution in [0.15, 0.2) is 36.5 Å². The molecule has 1 aromatic heterocycles. The van der Waals surface area contributed by atoms with E-state index >= 15 is 0 Å². The lowest BCUT2D eigenvalue weighted by molar-refractivity contribution is -0.387. The predicted octanol–water partition coefficient (Wildman–Crippen LogP) is 1.96. The van der Waals surface area contributed by atoms with E-state index in [2.05, 4.69) is 15.2 Å². The molecule has 4 rings (SSSR count). The summed E-state index contributed by atoms with van der Waals surface area (Å²) >= 11 is 0. The Kier molecular flexibility index (Phi) is 5.76. The second kappa shape index (κ2) is 8.64. The molecule has 2 amide bonds. The van der Waals surface area contributed by atoms with E-state index in [4.69, 9.17) is 4.74 Å².